The van der Waals surface area contributed by atoms with Gasteiger partial charge < -0.3 is 5.11 Å². The largest absolute Gasteiger partial charge is 0.507 e. The molecule has 302 valence electrons. The molecule has 0 aliphatic carbocycles. The number of aromatic nitrogens is 3. The van der Waals surface area contributed by atoms with Crippen LogP contribution in [0.4, 0.5) is 0 Å². The predicted molar refractivity (Wildman–Crippen MR) is 252 cm³/mol. The van der Waals surface area contributed by atoms with Crippen molar-refractivity contribution in [2.24, 2.45) is 0 Å². The van der Waals surface area contributed by atoms with Crippen molar-refractivity contribution >= 4 is 11.0 Å². The van der Waals surface area contributed by atoms with E-state index in [4.69, 9.17) is 14.1 Å². The van der Waals surface area contributed by atoms with Crippen LogP contribution in [-0.4, -0.2) is 19.6 Å². The van der Waals surface area contributed by atoms with Crippen molar-refractivity contribution in [3.8, 4) is 89.7 Å². The number of benzene rings is 8. The van der Waals surface area contributed by atoms with Crippen molar-refractivity contribution < 1.29 is 30.3 Å². The Morgan fingerprint density at radius 1 is 0.516 bits per heavy atom. The Kier molecular flexibility index (Phi) is 10.1. The summed E-state index contributed by atoms with van der Waals surface area (Å²) in [6.45, 7) is 1.36. The Hall–Kier alpha value is -7.13. The van der Waals surface area contributed by atoms with Gasteiger partial charge in [0.25, 0.3) is 0 Å². The Morgan fingerprint density at radius 2 is 1.10 bits per heavy atom. The molecule has 0 bridgehead atoms. The number of aryl methyl sites for hydroxylation is 3. The quantitative estimate of drug-likeness (QED) is 0.154. The van der Waals surface area contributed by atoms with E-state index in [0.717, 1.165) is 66.9 Å². The average molecular weight is 983 g/mol. The fourth-order valence-corrected chi connectivity index (χ4v) is 8.31. The summed E-state index contributed by atoms with van der Waals surface area (Å²) in [6.07, 6.45) is 1.84. The molecule has 2 heterocycles. The predicted octanol–water partition coefficient (Wildman–Crippen LogP) is 14.5. The van der Waals surface area contributed by atoms with E-state index in [-0.39, 0.29) is 32.4 Å². The van der Waals surface area contributed by atoms with Crippen LogP contribution >= 0.6 is 0 Å². The second-order valence-electron chi connectivity index (χ2n) is 15.5. The van der Waals surface area contributed by atoms with Crippen molar-refractivity contribution in [1.82, 2.24) is 14.5 Å². The van der Waals surface area contributed by atoms with Crippen molar-refractivity contribution in [3.63, 3.8) is 0 Å². The topological polar surface area (TPSA) is 50.9 Å². The monoisotopic (exact) mass is 982 g/mol. The molecule has 5 heteroatoms. The molecule has 0 amide bonds. The molecule has 62 heavy (non-hydrogen) atoms. The number of hydrogen-bond donors (Lipinski definition) is 1. The van der Waals surface area contributed by atoms with Crippen LogP contribution in [0.5, 0.6) is 5.75 Å². The summed E-state index contributed by atoms with van der Waals surface area (Å²) in [7, 11) is 0. The average Bonchev–Trinajstić information content (AvgIpc) is 3.72. The molecule has 0 atom stereocenters. The van der Waals surface area contributed by atoms with E-state index in [1.807, 2.05) is 128 Å². The Labute approximate surface area is 381 Å². The number of hydrogen-bond acceptors (Lipinski definition) is 3. The summed E-state index contributed by atoms with van der Waals surface area (Å²) in [5, 5.41) is 11.7. The minimum absolute atomic E-state index is 0. The van der Waals surface area contributed by atoms with Crippen molar-refractivity contribution in [2.45, 2.75) is 20.7 Å². The van der Waals surface area contributed by atoms with Crippen LogP contribution in [0.3, 0.4) is 0 Å². The summed E-state index contributed by atoms with van der Waals surface area (Å²) in [5.41, 5.74) is 15.4. The molecular weight excluding hydrogens is 938 g/mol. The minimum Gasteiger partial charge on any atom is -0.507 e. The standard InChI is InChI=1S/C57H42N3O.Pt/c1-37-30-39(3)56(61)51(31-37)57-59-55-50(20-13-21-54(55)60(57)53-27-26-45(32-38(53)2)41-16-9-5-10-17-41)48-33-47(42-18-11-6-12-19-42)34-49(35-48)52-36-46(28-29-58-52)44-24-22-43(23-25-44)40-14-7-4-8-15-40;/h4-34,36,61H,1-3H3;/q-1;/i2D3;. The Balaban J connectivity index is 0.00000533. The van der Waals surface area contributed by atoms with Gasteiger partial charge >= 0.3 is 0 Å². The van der Waals surface area contributed by atoms with Crippen LogP contribution in [0, 0.1) is 26.8 Å². The second kappa shape index (κ2) is 17.1. The summed E-state index contributed by atoms with van der Waals surface area (Å²) in [5.74, 6) is 0.512. The molecule has 0 saturated heterocycles. The molecule has 8 aromatic carbocycles. The van der Waals surface area contributed by atoms with Crippen LogP contribution in [-0.2, 0) is 21.1 Å². The zero-order chi connectivity index (χ0) is 44.0. The molecule has 10 rings (SSSR count). The first-order valence-electron chi connectivity index (χ1n) is 21.9. The van der Waals surface area contributed by atoms with E-state index in [1.54, 1.807) is 6.07 Å². The molecular formula is C57H42N3OPt-. The van der Waals surface area contributed by atoms with E-state index in [1.165, 1.54) is 5.56 Å². The maximum atomic E-state index is 11.7. The first kappa shape index (κ1) is 36.7. The van der Waals surface area contributed by atoms with Crippen LogP contribution in [0.1, 0.15) is 20.8 Å². The number of rotatable bonds is 8. The number of imidazole rings is 1. The number of fused-ring (bicyclic) bond motifs is 1. The van der Waals surface area contributed by atoms with Gasteiger partial charge in [-0.2, -0.15) is 0 Å². The van der Waals surface area contributed by atoms with E-state index >= 15 is 0 Å². The van der Waals surface area contributed by atoms with E-state index in [2.05, 4.69) is 84.9 Å². The normalized spacial score (nSPS) is 12.0. The fourth-order valence-electron chi connectivity index (χ4n) is 8.31. The van der Waals surface area contributed by atoms with Crippen LogP contribution < -0.4 is 0 Å². The first-order valence-corrected chi connectivity index (χ1v) is 20.4. The summed E-state index contributed by atoms with van der Waals surface area (Å²) in [6, 6.07) is 66.4. The van der Waals surface area contributed by atoms with Crippen LogP contribution in [0.2, 0.25) is 0 Å². The van der Waals surface area contributed by atoms with Gasteiger partial charge in [-0.05, 0) is 107 Å². The van der Waals surface area contributed by atoms with Gasteiger partial charge in [-0.25, -0.2) is 4.98 Å². The van der Waals surface area contributed by atoms with Gasteiger partial charge in [-0.15, -0.1) is 23.8 Å². The number of pyridine rings is 1. The zero-order valence-corrected chi connectivity index (χ0v) is 36.4. The molecule has 0 aliphatic heterocycles. The second-order valence-corrected chi connectivity index (χ2v) is 15.5. The van der Waals surface area contributed by atoms with Gasteiger partial charge in [-0.1, -0.05) is 162 Å². The Bertz CT molecular complexity index is 3330. The van der Waals surface area contributed by atoms with E-state index in [9.17, 15) is 5.11 Å². The molecule has 4 nitrogen and oxygen atoms in total. The summed E-state index contributed by atoms with van der Waals surface area (Å²) >= 11 is 0. The molecule has 0 unspecified atom stereocenters. The van der Waals surface area contributed by atoms with Gasteiger partial charge in [0.1, 0.15) is 11.6 Å². The van der Waals surface area contributed by atoms with E-state index in [0.29, 0.717) is 33.7 Å². The molecule has 1 N–H and O–H groups in total. The molecule has 10 aromatic rings. The maximum Gasteiger partial charge on any atom is 0.148 e. The van der Waals surface area contributed by atoms with Crippen LogP contribution in [0.25, 0.3) is 95.0 Å². The van der Waals surface area contributed by atoms with Gasteiger partial charge in [0.2, 0.25) is 0 Å². The molecule has 0 radical (unpaired) electrons. The third-order valence-corrected chi connectivity index (χ3v) is 11.3. The molecule has 0 fully saturated rings. The van der Waals surface area contributed by atoms with E-state index < -0.39 is 6.85 Å². The first-order chi connectivity index (χ1) is 31.1. The van der Waals surface area contributed by atoms with Crippen molar-refractivity contribution in [1.29, 1.82) is 0 Å². The summed E-state index contributed by atoms with van der Waals surface area (Å²) in [4.78, 5) is 10.2. The smallest absolute Gasteiger partial charge is 0.148 e. The van der Waals surface area contributed by atoms with Crippen LogP contribution in [0.15, 0.2) is 194 Å². The maximum absolute atomic E-state index is 11.7. The summed E-state index contributed by atoms with van der Waals surface area (Å²) < 4.78 is 28.3. The van der Waals surface area contributed by atoms with Gasteiger partial charge in [0.15, 0.2) is 0 Å². The van der Waals surface area contributed by atoms with Crippen molar-refractivity contribution in [2.75, 3.05) is 0 Å². The third kappa shape index (κ3) is 7.70. The van der Waals surface area contributed by atoms with Crippen molar-refractivity contribution in [3.05, 3.63) is 217 Å². The number of nitrogens with zero attached hydrogens (tertiary/aromatic N) is 3. The van der Waals surface area contributed by atoms with Gasteiger partial charge in [0.05, 0.1) is 22.3 Å². The number of aromatic hydroxyl groups is 1. The zero-order valence-electron chi connectivity index (χ0n) is 37.1. The molecule has 2 aromatic heterocycles. The number of phenolic OH excluding ortho intramolecular Hbond substituents is 1. The molecule has 0 aliphatic rings. The SMILES string of the molecule is [2H]C([2H])([2H])c1cc(-c2ccccc2)ccc1-n1c(-c2cc(C)cc(C)c2O)nc2c(-c3[c-]c(-c4cc(-c5ccc(-c6ccccc6)cc5)ccn4)cc(-c4ccccc4)c3)cccc21.[Pt]. The number of para-hydroxylation sites is 1. The minimum atomic E-state index is -2.48. The Morgan fingerprint density at radius 3 is 1.77 bits per heavy atom. The van der Waals surface area contributed by atoms with Gasteiger partial charge in [0, 0.05) is 37.1 Å². The molecule has 0 spiro atoms. The van der Waals surface area contributed by atoms with Gasteiger partial charge in [-0.3, -0.25) is 9.55 Å². The fraction of sp³-hybridized carbons (Fsp3) is 0.0526. The molecule has 0 saturated carbocycles. The number of phenols is 1. The third-order valence-electron chi connectivity index (χ3n) is 11.3.